The number of halogens is 4. The quantitative estimate of drug-likeness (QED) is 0.429. The minimum absolute atomic E-state index is 0.0656. The first-order valence-corrected chi connectivity index (χ1v) is 8.89. The smallest absolute Gasteiger partial charge is 0.304 e. The molecule has 0 fully saturated rings. The van der Waals surface area contributed by atoms with E-state index >= 15 is 0 Å². The van der Waals surface area contributed by atoms with Gasteiger partial charge >= 0.3 is 5.97 Å². The number of nitrogens with zero attached hydrogens (tertiary/aromatic N) is 1. The lowest BCUT2D eigenvalue weighted by Crippen LogP contribution is -2.18. The molecule has 0 saturated carbocycles. The largest absolute Gasteiger partial charge is 0.481 e. The van der Waals surface area contributed by atoms with Crippen molar-refractivity contribution in [2.45, 2.75) is 12.3 Å². The standard InChI is InChI=1S/C13H11Br4NO2/c1-18(2)7-3-6-9(5(7)4-8(19)20)11(15)13(17)12(16)10(6)14/h3,5H,4H2,1-2H3,(H,19,20). The monoisotopic (exact) mass is 529 g/mol. The topological polar surface area (TPSA) is 40.5 Å². The van der Waals surface area contributed by atoms with Gasteiger partial charge in [0.2, 0.25) is 0 Å². The lowest BCUT2D eigenvalue weighted by atomic mass is 9.95. The molecule has 20 heavy (non-hydrogen) atoms. The van der Waals surface area contributed by atoms with Gasteiger partial charge in [-0.1, -0.05) is 0 Å². The molecule has 108 valence electrons. The van der Waals surface area contributed by atoms with Crippen molar-refractivity contribution in [1.29, 1.82) is 0 Å². The molecular formula is C13H11Br4NO2. The number of likely N-dealkylation sites (N-methyl/N-ethyl adjacent to an activating group) is 1. The van der Waals surface area contributed by atoms with Crippen LogP contribution in [0.2, 0.25) is 0 Å². The minimum Gasteiger partial charge on any atom is -0.481 e. The van der Waals surface area contributed by atoms with Crippen LogP contribution >= 0.6 is 63.7 Å². The fourth-order valence-electron chi connectivity index (χ4n) is 2.37. The zero-order valence-electron chi connectivity index (χ0n) is 10.7. The maximum absolute atomic E-state index is 11.2. The van der Waals surface area contributed by atoms with Gasteiger partial charge in [-0.05, 0) is 80.9 Å². The third-order valence-electron chi connectivity index (χ3n) is 3.23. The lowest BCUT2D eigenvalue weighted by Gasteiger charge is -2.23. The first-order valence-electron chi connectivity index (χ1n) is 5.72. The third-order valence-corrected chi connectivity index (χ3v) is 8.06. The normalized spacial score (nSPS) is 16.9. The second-order valence-electron chi connectivity index (χ2n) is 4.70. The third kappa shape index (κ3) is 2.74. The molecule has 0 aliphatic heterocycles. The van der Waals surface area contributed by atoms with Gasteiger partial charge in [-0.3, -0.25) is 4.79 Å². The SMILES string of the molecule is CN(C)C1=Cc2c(Br)c(Br)c(Br)c(Br)c2C1CC(=O)O. The van der Waals surface area contributed by atoms with Crippen LogP contribution in [0.25, 0.3) is 6.08 Å². The van der Waals surface area contributed by atoms with Crippen LogP contribution in [0.3, 0.4) is 0 Å². The highest BCUT2D eigenvalue weighted by Crippen LogP contribution is 2.51. The van der Waals surface area contributed by atoms with Crippen molar-refractivity contribution in [3.8, 4) is 0 Å². The molecule has 1 aromatic carbocycles. The minimum atomic E-state index is -0.808. The number of fused-ring (bicyclic) bond motifs is 1. The van der Waals surface area contributed by atoms with Crippen LogP contribution < -0.4 is 0 Å². The molecule has 0 aromatic heterocycles. The van der Waals surface area contributed by atoms with E-state index in [1.807, 2.05) is 25.1 Å². The molecule has 3 nitrogen and oxygen atoms in total. The highest BCUT2D eigenvalue weighted by Gasteiger charge is 2.34. The summed E-state index contributed by atoms with van der Waals surface area (Å²) < 4.78 is 3.61. The van der Waals surface area contributed by atoms with Crippen LogP contribution in [0, 0.1) is 0 Å². The summed E-state index contributed by atoms with van der Waals surface area (Å²) in [7, 11) is 3.86. The summed E-state index contributed by atoms with van der Waals surface area (Å²) in [5.74, 6) is -0.967. The predicted octanol–water partition coefficient (Wildman–Crippen LogP) is 5.21. The van der Waals surface area contributed by atoms with E-state index < -0.39 is 5.97 Å². The second-order valence-corrected chi connectivity index (χ2v) is 7.87. The van der Waals surface area contributed by atoms with Gasteiger partial charge in [-0.2, -0.15) is 0 Å². The summed E-state index contributed by atoms with van der Waals surface area (Å²) in [4.78, 5) is 13.2. The average molecular weight is 533 g/mol. The Labute approximate surface area is 150 Å². The van der Waals surface area contributed by atoms with Gasteiger partial charge in [0.15, 0.2) is 0 Å². The maximum atomic E-state index is 11.2. The average Bonchev–Trinajstić information content (AvgIpc) is 2.72. The maximum Gasteiger partial charge on any atom is 0.304 e. The van der Waals surface area contributed by atoms with E-state index in [1.165, 1.54) is 0 Å². The Morgan fingerprint density at radius 3 is 2.20 bits per heavy atom. The summed E-state index contributed by atoms with van der Waals surface area (Å²) in [5.41, 5.74) is 3.01. The summed E-state index contributed by atoms with van der Waals surface area (Å²) in [5, 5.41) is 9.19. The number of carboxylic acid groups (broad SMARTS) is 1. The fourth-order valence-corrected chi connectivity index (χ4v) is 4.94. The first kappa shape index (κ1) is 16.5. The van der Waals surface area contributed by atoms with E-state index in [0.29, 0.717) is 0 Å². The Hall–Kier alpha value is 0.150. The molecule has 0 saturated heterocycles. The van der Waals surface area contributed by atoms with Gasteiger partial charge in [0.05, 0.1) is 6.42 Å². The summed E-state index contributed by atoms with van der Waals surface area (Å²) >= 11 is 14.2. The Balaban J connectivity index is 2.69. The van der Waals surface area contributed by atoms with Crippen LogP contribution in [0.4, 0.5) is 0 Å². The molecule has 7 heteroatoms. The molecule has 1 aliphatic rings. The summed E-state index contributed by atoms with van der Waals surface area (Å²) in [6.45, 7) is 0. The first-order chi connectivity index (χ1) is 9.25. The number of benzene rings is 1. The van der Waals surface area contributed by atoms with E-state index in [9.17, 15) is 9.90 Å². The molecule has 1 aromatic rings. The van der Waals surface area contributed by atoms with Gasteiger partial charge in [-0.15, -0.1) is 0 Å². The van der Waals surface area contributed by atoms with Crippen molar-refractivity contribution in [2.75, 3.05) is 14.1 Å². The van der Waals surface area contributed by atoms with Crippen LogP contribution in [-0.4, -0.2) is 30.1 Å². The van der Waals surface area contributed by atoms with Gasteiger partial charge in [-0.25, -0.2) is 0 Å². The lowest BCUT2D eigenvalue weighted by molar-refractivity contribution is -0.137. The Bertz CT molecular complexity index is 626. The number of allylic oxidation sites excluding steroid dienone is 1. The van der Waals surface area contributed by atoms with E-state index in [4.69, 9.17) is 0 Å². The van der Waals surface area contributed by atoms with E-state index in [-0.39, 0.29) is 12.3 Å². The molecular weight excluding hydrogens is 522 g/mol. The van der Waals surface area contributed by atoms with Gasteiger partial charge in [0, 0.05) is 43.6 Å². The molecule has 1 atom stereocenters. The number of hydrogen-bond donors (Lipinski definition) is 1. The number of aliphatic carboxylic acids is 1. The molecule has 0 amide bonds. The van der Waals surface area contributed by atoms with Gasteiger partial charge in [0.25, 0.3) is 0 Å². The van der Waals surface area contributed by atoms with Crippen molar-refractivity contribution in [2.24, 2.45) is 0 Å². The second kappa shape index (κ2) is 6.10. The molecule has 2 rings (SSSR count). The Kier molecular flexibility index (Phi) is 5.04. The zero-order chi connectivity index (χ0) is 15.2. The molecule has 0 bridgehead atoms. The van der Waals surface area contributed by atoms with Crippen LogP contribution in [0.5, 0.6) is 0 Å². The van der Waals surface area contributed by atoms with Crippen LogP contribution in [0.15, 0.2) is 23.6 Å². The number of carboxylic acids is 1. The van der Waals surface area contributed by atoms with Gasteiger partial charge in [0.1, 0.15) is 0 Å². The Morgan fingerprint density at radius 1 is 1.15 bits per heavy atom. The molecule has 0 spiro atoms. The Morgan fingerprint density at radius 2 is 1.70 bits per heavy atom. The van der Waals surface area contributed by atoms with Crippen LogP contribution in [-0.2, 0) is 4.79 Å². The zero-order valence-corrected chi connectivity index (χ0v) is 17.0. The van der Waals surface area contributed by atoms with Crippen LogP contribution in [0.1, 0.15) is 23.5 Å². The molecule has 1 aliphatic carbocycles. The van der Waals surface area contributed by atoms with Crippen molar-refractivity contribution in [3.63, 3.8) is 0 Å². The highest BCUT2D eigenvalue weighted by molar-refractivity contribution is 9.15. The summed E-state index contributed by atoms with van der Waals surface area (Å²) in [6.07, 6.45) is 2.10. The number of hydrogen-bond acceptors (Lipinski definition) is 2. The molecule has 1 N–H and O–H groups in total. The predicted molar refractivity (Wildman–Crippen MR) is 93.9 cm³/mol. The van der Waals surface area contributed by atoms with E-state index in [1.54, 1.807) is 0 Å². The van der Waals surface area contributed by atoms with Crippen molar-refractivity contribution >= 4 is 75.8 Å². The van der Waals surface area contributed by atoms with E-state index in [2.05, 4.69) is 63.7 Å². The molecule has 0 heterocycles. The number of rotatable bonds is 3. The highest BCUT2D eigenvalue weighted by atomic mass is 79.9. The van der Waals surface area contributed by atoms with Crippen molar-refractivity contribution in [1.82, 2.24) is 4.90 Å². The van der Waals surface area contributed by atoms with E-state index in [0.717, 1.165) is 34.7 Å². The summed E-state index contributed by atoms with van der Waals surface area (Å²) in [6, 6.07) is 0. The molecule has 0 radical (unpaired) electrons. The van der Waals surface area contributed by atoms with Crippen molar-refractivity contribution < 1.29 is 9.90 Å². The fraction of sp³-hybridized carbons (Fsp3) is 0.308. The number of carbonyl (C=O) groups is 1. The molecule has 1 unspecified atom stereocenters. The van der Waals surface area contributed by atoms with Gasteiger partial charge < -0.3 is 10.0 Å². The van der Waals surface area contributed by atoms with Crippen molar-refractivity contribution in [3.05, 3.63) is 34.7 Å².